The van der Waals surface area contributed by atoms with Crippen LogP contribution >= 0.6 is 12.4 Å². The van der Waals surface area contributed by atoms with Gasteiger partial charge < -0.3 is 20.5 Å². The highest BCUT2D eigenvalue weighted by Crippen LogP contribution is 2.28. The summed E-state index contributed by atoms with van der Waals surface area (Å²) in [5.41, 5.74) is 6.31. The number of benzene rings is 1. The summed E-state index contributed by atoms with van der Waals surface area (Å²) < 4.78 is 5.45. The van der Waals surface area contributed by atoms with Crippen molar-refractivity contribution in [1.82, 2.24) is 20.4 Å². The zero-order valence-electron chi connectivity index (χ0n) is 17.7. The second-order valence-corrected chi connectivity index (χ2v) is 8.39. The summed E-state index contributed by atoms with van der Waals surface area (Å²) in [6.07, 6.45) is 1.55. The zero-order valence-corrected chi connectivity index (χ0v) is 18.5. The maximum atomic E-state index is 13.3. The molecule has 0 saturated carbocycles. The van der Waals surface area contributed by atoms with Crippen LogP contribution in [0.15, 0.2) is 28.8 Å². The molecule has 0 radical (unpaired) electrons. The second-order valence-electron chi connectivity index (χ2n) is 8.39. The molecule has 8 nitrogen and oxygen atoms in total. The molecule has 1 aliphatic rings. The lowest BCUT2D eigenvalue weighted by atomic mass is 9.95. The number of carbonyl (C=O) groups excluding carboxylic acids is 2. The lowest BCUT2D eigenvalue weighted by molar-refractivity contribution is -0.126. The van der Waals surface area contributed by atoms with Crippen LogP contribution in [0.1, 0.15) is 49.8 Å². The van der Waals surface area contributed by atoms with Gasteiger partial charge in [-0.3, -0.25) is 9.59 Å². The first-order valence-electron chi connectivity index (χ1n) is 10.0. The van der Waals surface area contributed by atoms with Crippen LogP contribution in [0.2, 0.25) is 0 Å². The summed E-state index contributed by atoms with van der Waals surface area (Å²) >= 11 is 0. The molecule has 2 heterocycles. The van der Waals surface area contributed by atoms with E-state index < -0.39 is 0 Å². The van der Waals surface area contributed by atoms with Crippen LogP contribution in [-0.2, 0) is 10.2 Å². The molecule has 9 heteroatoms. The van der Waals surface area contributed by atoms with Gasteiger partial charge in [-0.15, -0.1) is 12.4 Å². The number of rotatable bonds is 5. The fourth-order valence-corrected chi connectivity index (χ4v) is 3.38. The third kappa shape index (κ3) is 5.37. The minimum Gasteiger partial charge on any atom is -0.355 e. The third-order valence-corrected chi connectivity index (χ3v) is 5.01. The Bertz CT molecular complexity index is 878. The molecule has 2 aromatic rings. The smallest absolute Gasteiger partial charge is 0.258 e. The Labute approximate surface area is 183 Å². The molecule has 30 heavy (non-hydrogen) atoms. The molecule has 2 amide bonds. The van der Waals surface area contributed by atoms with Gasteiger partial charge in [0.1, 0.15) is 0 Å². The molecular weight excluding hydrogens is 406 g/mol. The van der Waals surface area contributed by atoms with Gasteiger partial charge in [0.2, 0.25) is 5.91 Å². The molecule has 0 bridgehead atoms. The Balaban J connectivity index is 0.00000320. The van der Waals surface area contributed by atoms with Gasteiger partial charge in [-0.1, -0.05) is 38.1 Å². The average molecular weight is 436 g/mol. The molecule has 1 saturated heterocycles. The van der Waals surface area contributed by atoms with Crippen LogP contribution in [0.5, 0.6) is 0 Å². The Morgan fingerprint density at radius 2 is 2.03 bits per heavy atom. The van der Waals surface area contributed by atoms with E-state index in [1.807, 2.05) is 39.0 Å². The Hall–Kier alpha value is -2.45. The summed E-state index contributed by atoms with van der Waals surface area (Å²) in [5.74, 6) is 0.514. The number of nitrogens with two attached hydrogens (primary N) is 1. The van der Waals surface area contributed by atoms with Gasteiger partial charge in [0, 0.05) is 31.6 Å². The summed E-state index contributed by atoms with van der Waals surface area (Å²) in [7, 11) is 0. The maximum Gasteiger partial charge on any atom is 0.258 e. The SMILES string of the molecule is CC(C)(C)c1noc(-c2ccccc2C(=O)N2CCCC(C(=O)NCCN)C2)n1.Cl. The van der Waals surface area contributed by atoms with Crippen molar-refractivity contribution in [3.63, 3.8) is 0 Å². The van der Waals surface area contributed by atoms with Gasteiger partial charge in [0.15, 0.2) is 5.82 Å². The molecular formula is C21H30ClN5O3. The predicted molar refractivity (Wildman–Crippen MR) is 116 cm³/mol. The Morgan fingerprint density at radius 1 is 1.30 bits per heavy atom. The van der Waals surface area contributed by atoms with Gasteiger partial charge in [-0.25, -0.2) is 0 Å². The number of aromatic nitrogens is 2. The lowest BCUT2D eigenvalue weighted by Crippen LogP contribution is -2.46. The molecule has 3 N–H and O–H groups in total. The van der Waals surface area contributed by atoms with Crippen molar-refractivity contribution in [2.75, 3.05) is 26.2 Å². The van der Waals surface area contributed by atoms with Crippen LogP contribution in [0.3, 0.4) is 0 Å². The average Bonchev–Trinajstić information content (AvgIpc) is 3.22. The van der Waals surface area contributed by atoms with Crippen molar-refractivity contribution in [3.8, 4) is 11.5 Å². The summed E-state index contributed by atoms with van der Waals surface area (Å²) in [6, 6.07) is 7.22. The standard InChI is InChI=1S/C21H29N5O3.ClH/c1-21(2,3)20-24-18(29-25-20)15-8-4-5-9-16(15)19(28)26-12-6-7-14(13-26)17(27)23-11-10-22;/h4-5,8-9,14H,6-7,10-13,22H2,1-3H3,(H,23,27);1H. The predicted octanol–water partition coefficient (Wildman–Crippen LogP) is 2.38. The van der Waals surface area contributed by atoms with Crippen molar-refractivity contribution in [3.05, 3.63) is 35.7 Å². The highest BCUT2D eigenvalue weighted by Gasteiger charge is 2.30. The van der Waals surface area contributed by atoms with E-state index in [4.69, 9.17) is 10.3 Å². The highest BCUT2D eigenvalue weighted by molar-refractivity contribution is 6.00. The topological polar surface area (TPSA) is 114 Å². The molecule has 3 rings (SSSR count). The highest BCUT2D eigenvalue weighted by atomic mass is 35.5. The molecule has 1 aromatic carbocycles. The number of likely N-dealkylation sites (tertiary alicyclic amines) is 1. The maximum absolute atomic E-state index is 13.3. The number of nitrogens with zero attached hydrogens (tertiary/aromatic N) is 3. The monoisotopic (exact) mass is 435 g/mol. The molecule has 1 aliphatic heterocycles. The molecule has 164 valence electrons. The minimum absolute atomic E-state index is 0. The lowest BCUT2D eigenvalue weighted by Gasteiger charge is -2.32. The molecule has 1 fully saturated rings. The van der Waals surface area contributed by atoms with Gasteiger partial charge in [0.25, 0.3) is 11.8 Å². The van der Waals surface area contributed by atoms with E-state index in [1.54, 1.807) is 11.0 Å². The van der Waals surface area contributed by atoms with Crippen LogP contribution in [0.4, 0.5) is 0 Å². The van der Waals surface area contributed by atoms with Crippen LogP contribution in [0, 0.1) is 5.92 Å². The first kappa shape index (κ1) is 23.8. The number of hydrogen-bond acceptors (Lipinski definition) is 6. The summed E-state index contributed by atoms with van der Waals surface area (Å²) in [4.78, 5) is 31.8. The third-order valence-electron chi connectivity index (χ3n) is 5.01. The summed E-state index contributed by atoms with van der Waals surface area (Å²) in [5, 5.41) is 6.89. The van der Waals surface area contributed by atoms with Gasteiger partial charge in [-0.05, 0) is 25.0 Å². The van der Waals surface area contributed by atoms with E-state index >= 15 is 0 Å². The van der Waals surface area contributed by atoms with Crippen molar-refractivity contribution < 1.29 is 14.1 Å². The van der Waals surface area contributed by atoms with Gasteiger partial charge >= 0.3 is 0 Å². The van der Waals surface area contributed by atoms with Crippen LogP contribution in [0.25, 0.3) is 11.5 Å². The van der Waals surface area contributed by atoms with E-state index in [0.717, 1.165) is 12.8 Å². The van der Waals surface area contributed by atoms with Crippen molar-refractivity contribution >= 4 is 24.2 Å². The van der Waals surface area contributed by atoms with Gasteiger partial charge in [-0.2, -0.15) is 4.98 Å². The number of hydrogen-bond donors (Lipinski definition) is 2. The Morgan fingerprint density at radius 3 is 2.70 bits per heavy atom. The fraction of sp³-hybridized carbons (Fsp3) is 0.524. The van der Waals surface area contributed by atoms with E-state index in [1.165, 1.54) is 0 Å². The number of halogens is 1. The number of nitrogens with one attached hydrogen (secondary N) is 1. The first-order chi connectivity index (χ1) is 13.8. The van der Waals surface area contributed by atoms with E-state index in [2.05, 4.69) is 15.5 Å². The van der Waals surface area contributed by atoms with E-state index in [0.29, 0.717) is 49.0 Å². The molecule has 0 spiro atoms. The van der Waals surface area contributed by atoms with Crippen molar-refractivity contribution in [2.45, 2.75) is 39.0 Å². The van der Waals surface area contributed by atoms with Crippen LogP contribution < -0.4 is 11.1 Å². The zero-order chi connectivity index (χ0) is 21.0. The van der Waals surface area contributed by atoms with Crippen molar-refractivity contribution in [1.29, 1.82) is 0 Å². The largest absolute Gasteiger partial charge is 0.355 e. The first-order valence-corrected chi connectivity index (χ1v) is 10.0. The molecule has 1 aromatic heterocycles. The second kappa shape index (κ2) is 10.0. The summed E-state index contributed by atoms with van der Waals surface area (Å²) in [6.45, 7) is 7.85. The molecule has 1 unspecified atom stereocenters. The quantitative estimate of drug-likeness (QED) is 0.745. The minimum atomic E-state index is -0.252. The molecule has 0 aliphatic carbocycles. The number of piperidine rings is 1. The van der Waals surface area contributed by atoms with E-state index in [-0.39, 0.29) is 35.6 Å². The van der Waals surface area contributed by atoms with Crippen molar-refractivity contribution in [2.24, 2.45) is 11.7 Å². The normalized spacial score (nSPS) is 16.7. The Kier molecular flexibility index (Phi) is 7.97. The number of carbonyl (C=O) groups is 2. The van der Waals surface area contributed by atoms with Crippen LogP contribution in [-0.4, -0.2) is 53.0 Å². The van der Waals surface area contributed by atoms with Gasteiger partial charge in [0.05, 0.1) is 17.0 Å². The molecule has 1 atom stereocenters. The fourth-order valence-electron chi connectivity index (χ4n) is 3.38. The number of amides is 2. The van der Waals surface area contributed by atoms with E-state index in [9.17, 15) is 9.59 Å².